The van der Waals surface area contributed by atoms with Gasteiger partial charge in [0.05, 0.1) is 0 Å². The smallest absolute Gasteiger partial charge is 0.218 e. The Morgan fingerprint density at radius 2 is 1.90 bits per heavy atom. The summed E-state index contributed by atoms with van der Waals surface area (Å²) in [5.74, 6) is 1.57. The molecular weight excluding hydrogens is 128 g/mol. The number of aromatic nitrogens is 1. The van der Waals surface area contributed by atoms with Crippen molar-refractivity contribution in [3.63, 3.8) is 0 Å². The van der Waals surface area contributed by atoms with Gasteiger partial charge < -0.3 is 9.32 Å². The van der Waals surface area contributed by atoms with Crippen LogP contribution in [0, 0.1) is 13.8 Å². The Bertz CT molecular complexity index is 228. The van der Waals surface area contributed by atoms with Crippen molar-refractivity contribution in [3.05, 3.63) is 11.6 Å². The van der Waals surface area contributed by atoms with Gasteiger partial charge in [0.1, 0.15) is 5.69 Å². The highest BCUT2D eigenvalue weighted by molar-refractivity contribution is 5.37. The first kappa shape index (κ1) is 7.12. The molecule has 0 atom stereocenters. The molecule has 56 valence electrons. The molecule has 0 aliphatic rings. The van der Waals surface area contributed by atoms with Crippen molar-refractivity contribution < 1.29 is 4.42 Å². The quantitative estimate of drug-likeness (QED) is 0.589. The van der Waals surface area contributed by atoms with E-state index in [0.717, 1.165) is 17.5 Å². The average Bonchev–Trinajstić information content (AvgIpc) is 2.10. The highest BCUT2D eigenvalue weighted by atomic mass is 16.4. The van der Waals surface area contributed by atoms with Crippen LogP contribution in [0.5, 0.6) is 0 Å². The molecule has 0 unspecified atom stereocenters. The van der Waals surface area contributed by atoms with E-state index in [1.807, 2.05) is 32.8 Å². The maximum Gasteiger partial charge on any atom is 0.218 e. The van der Waals surface area contributed by atoms with Crippen LogP contribution in [-0.4, -0.2) is 19.1 Å². The Hall–Kier alpha value is -0.990. The molecule has 10 heavy (non-hydrogen) atoms. The summed E-state index contributed by atoms with van der Waals surface area (Å²) < 4.78 is 5.29. The van der Waals surface area contributed by atoms with Crippen molar-refractivity contribution in [3.8, 4) is 0 Å². The van der Waals surface area contributed by atoms with Crippen molar-refractivity contribution in [1.82, 2.24) is 4.98 Å². The van der Waals surface area contributed by atoms with Gasteiger partial charge in [0.2, 0.25) is 5.88 Å². The van der Waals surface area contributed by atoms with Gasteiger partial charge in [-0.25, -0.2) is 4.98 Å². The van der Waals surface area contributed by atoms with Crippen LogP contribution < -0.4 is 4.90 Å². The van der Waals surface area contributed by atoms with Gasteiger partial charge in [0, 0.05) is 21.0 Å². The fraction of sp³-hybridized carbons (Fsp3) is 0.571. The standard InChI is InChI=1S/C7H12N2O/c1-5-7(9(3)4)10-6(2)8-5/h1-4H3. The van der Waals surface area contributed by atoms with E-state index in [4.69, 9.17) is 4.42 Å². The van der Waals surface area contributed by atoms with Crippen LogP contribution in [0.3, 0.4) is 0 Å². The minimum Gasteiger partial charge on any atom is -0.425 e. The predicted octanol–water partition coefficient (Wildman–Crippen LogP) is 1.36. The highest BCUT2D eigenvalue weighted by Gasteiger charge is 2.06. The maximum absolute atomic E-state index is 5.29. The number of hydrogen-bond donors (Lipinski definition) is 0. The maximum atomic E-state index is 5.29. The summed E-state index contributed by atoms with van der Waals surface area (Å²) in [5.41, 5.74) is 0.947. The molecule has 0 bridgehead atoms. The Labute approximate surface area is 60.7 Å². The summed E-state index contributed by atoms with van der Waals surface area (Å²) in [4.78, 5) is 6.04. The first-order valence-corrected chi connectivity index (χ1v) is 3.22. The zero-order valence-electron chi connectivity index (χ0n) is 6.80. The molecule has 1 aromatic heterocycles. The van der Waals surface area contributed by atoms with Gasteiger partial charge in [-0.2, -0.15) is 0 Å². The van der Waals surface area contributed by atoms with Crippen molar-refractivity contribution in [2.45, 2.75) is 13.8 Å². The Morgan fingerprint density at radius 1 is 1.30 bits per heavy atom. The Morgan fingerprint density at radius 3 is 2.10 bits per heavy atom. The second kappa shape index (κ2) is 2.33. The van der Waals surface area contributed by atoms with Crippen molar-refractivity contribution >= 4 is 5.88 Å². The molecular formula is C7H12N2O. The van der Waals surface area contributed by atoms with Crippen LogP contribution in [0.4, 0.5) is 5.88 Å². The van der Waals surface area contributed by atoms with Crippen LogP contribution in [0.2, 0.25) is 0 Å². The normalized spacial score (nSPS) is 10.0. The Balaban J connectivity index is 3.03. The van der Waals surface area contributed by atoms with E-state index in [-0.39, 0.29) is 0 Å². The molecule has 0 amide bonds. The molecule has 1 aromatic rings. The summed E-state index contributed by atoms with van der Waals surface area (Å²) in [6.45, 7) is 3.78. The molecule has 0 aromatic carbocycles. The minimum atomic E-state index is 0.723. The number of rotatable bonds is 1. The highest BCUT2D eigenvalue weighted by Crippen LogP contribution is 2.17. The van der Waals surface area contributed by atoms with Crippen LogP contribution in [0.15, 0.2) is 4.42 Å². The average molecular weight is 140 g/mol. The number of anilines is 1. The predicted molar refractivity (Wildman–Crippen MR) is 40.3 cm³/mol. The number of aryl methyl sites for hydroxylation is 2. The lowest BCUT2D eigenvalue weighted by atomic mass is 10.5. The van der Waals surface area contributed by atoms with E-state index in [1.54, 1.807) is 0 Å². The van der Waals surface area contributed by atoms with Crippen LogP contribution in [-0.2, 0) is 0 Å². The lowest BCUT2D eigenvalue weighted by molar-refractivity contribution is 0.521. The van der Waals surface area contributed by atoms with Gasteiger partial charge in [-0.05, 0) is 6.92 Å². The zero-order chi connectivity index (χ0) is 7.72. The molecule has 0 radical (unpaired) electrons. The van der Waals surface area contributed by atoms with E-state index >= 15 is 0 Å². The molecule has 0 fully saturated rings. The number of hydrogen-bond acceptors (Lipinski definition) is 3. The van der Waals surface area contributed by atoms with Crippen molar-refractivity contribution in [2.24, 2.45) is 0 Å². The van der Waals surface area contributed by atoms with Gasteiger partial charge in [0.25, 0.3) is 0 Å². The summed E-state index contributed by atoms with van der Waals surface area (Å²) >= 11 is 0. The van der Waals surface area contributed by atoms with Crippen molar-refractivity contribution in [1.29, 1.82) is 0 Å². The fourth-order valence-electron chi connectivity index (χ4n) is 0.935. The third kappa shape index (κ3) is 1.12. The summed E-state index contributed by atoms with van der Waals surface area (Å²) in [6, 6.07) is 0. The summed E-state index contributed by atoms with van der Waals surface area (Å²) in [5, 5.41) is 0. The molecule has 1 heterocycles. The van der Waals surface area contributed by atoms with E-state index in [0.29, 0.717) is 0 Å². The van der Waals surface area contributed by atoms with Gasteiger partial charge in [-0.1, -0.05) is 0 Å². The van der Waals surface area contributed by atoms with Gasteiger partial charge in [-0.3, -0.25) is 0 Å². The summed E-state index contributed by atoms with van der Waals surface area (Å²) in [6.07, 6.45) is 0. The van der Waals surface area contributed by atoms with E-state index in [1.165, 1.54) is 0 Å². The third-order valence-corrected chi connectivity index (χ3v) is 1.29. The van der Waals surface area contributed by atoms with Gasteiger partial charge in [0.15, 0.2) is 5.89 Å². The van der Waals surface area contributed by atoms with Crippen LogP contribution in [0.25, 0.3) is 0 Å². The van der Waals surface area contributed by atoms with E-state index in [9.17, 15) is 0 Å². The second-order valence-electron chi connectivity index (χ2n) is 2.52. The van der Waals surface area contributed by atoms with Gasteiger partial charge >= 0.3 is 0 Å². The monoisotopic (exact) mass is 140 g/mol. The molecule has 0 N–H and O–H groups in total. The first-order valence-electron chi connectivity index (χ1n) is 3.22. The SMILES string of the molecule is Cc1nc(C)c(N(C)C)o1. The molecule has 0 saturated heterocycles. The van der Waals surface area contributed by atoms with E-state index < -0.39 is 0 Å². The lowest BCUT2D eigenvalue weighted by Crippen LogP contribution is -2.08. The largest absolute Gasteiger partial charge is 0.425 e. The molecule has 0 saturated carbocycles. The minimum absolute atomic E-state index is 0.723. The van der Waals surface area contributed by atoms with Gasteiger partial charge in [-0.15, -0.1) is 0 Å². The molecule has 0 aliphatic heterocycles. The summed E-state index contributed by atoms with van der Waals surface area (Å²) in [7, 11) is 3.87. The third-order valence-electron chi connectivity index (χ3n) is 1.29. The zero-order valence-corrected chi connectivity index (χ0v) is 6.80. The molecule has 1 rings (SSSR count). The fourth-order valence-corrected chi connectivity index (χ4v) is 0.935. The van der Waals surface area contributed by atoms with Crippen molar-refractivity contribution in [2.75, 3.05) is 19.0 Å². The second-order valence-corrected chi connectivity index (χ2v) is 2.52. The van der Waals surface area contributed by atoms with Crippen LogP contribution in [0.1, 0.15) is 11.6 Å². The number of nitrogens with zero attached hydrogens (tertiary/aromatic N) is 2. The first-order chi connectivity index (χ1) is 4.61. The Kier molecular flexibility index (Phi) is 1.66. The van der Waals surface area contributed by atoms with Crippen LogP contribution >= 0.6 is 0 Å². The molecule has 0 aliphatic carbocycles. The number of oxazole rings is 1. The van der Waals surface area contributed by atoms with E-state index in [2.05, 4.69) is 4.98 Å². The molecule has 3 nitrogen and oxygen atoms in total. The molecule has 0 spiro atoms. The molecule has 3 heteroatoms. The topological polar surface area (TPSA) is 29.3 Å². The lowest BCUT2D eigenvalue weighted by Gasteiger charge is -2.06.